The monoisotopic (exact) mass is 538 g/mol. The van der Waals surface area contributed by atoms with Gasteiger partial charge in [0.25, 0.3) is 0 Å². The number of ether oxygens (including phenoxy) is 4. The maximum Gasteiger partial charge on any atom is 0.137 e. The first kappa shape index (κ1) is 28.5. The fourth-order valence-electron chi connectivity index (χ4n) is 7.52. The smallest absolute Gasteiger partial charge is 0.137 e. The van der Waals surface area contributed by atoms with Crippen molar-refractivity contribution in [1.82, 2.24) is 19.9 Å². The molecule has 0 amide bonds. The molecule has 2 saturated heterocycles. The van der Waals surface area contributed by atoms with E-state index >= 15 is 0 Å². The van der Waals surface area contributed by atoms with Gasteiger partial charge in [0.15, 0.2) is 0 Å². The number of aromatic nitrogens is 4. The van der Waals surface area contributed by atoms with Gasteiger partial charge in [-0.05, 0) is 51.4 Å². The standard InChI is InChI=1S/C16H24N2O2.C15H22N2O2/c1-5-16(11(2)3)13-12(4)17-10-18-14(13)15(20-16)7-6-8-19-9-15;1-5-15(10(2)3)12-11(4)16-9-17-13(12)14(19-15)6-7-18-8-14/h10-11H,5-9H2,1-4H3;9-10H,5-8H2,1-4H3. The molecular weight excluding hydrogens is 492 g/mol. The Morgan fingerprint density at radius 1 is 0.692 bits per heavy atom. The molecule has 6 rings (SSSR count). The van der Waals surface area contributed by atoms with Gasteiger partial charge < -0.3 is 18.9 Å². The molecule has 2 fully saturated rings. The number of rotatable bonds is 4. The van der Waals surface area contributed by atoms with Gasteiger partial charge in [-0.1, -0.05) is 41.5 Å². The Labute approximate surface area is 233 Å². The largest absolute Gasteiger partial charge is 0.378 e. The summed E-state index contributed by atoms with van der Waals surface area (Å²) in [6.45, 7) is 20.2. The van der Waals surface area contributed by atoms with Gasteiger partial charge in [-0.2, -0.15) is 0 Å². The van der Waals surface area contributed by atoms with Crippen LogP contribution in [0.1, 0.15) is 108 Å². The average Bonchev–Trinajstić information content (AvgIpc) is 3.60. The van der Waals surface area contributed by atoms with Gasteiger partial charge in [0, 0.05) is 42.1 Å². The van der Waals surface area contributed by atoms with E-state index in [4.69, 9.17) is 18.9 Å². The molecule has 4 aliphatic rings. The molecule has 4 atom stereocenters. The minimum absolute atomic E-state index is 0.269. The molecule has 8 nitrogen and oxygen atoms in total. The molecule has 2 aromatic rings. The summed E-state index contributed by atoms with van der Waals surface area (Å²) in [5, 5.41) is 0. The van der Waals surface area contributed by atoms with E-state index in [-0.39, 0.29) is 22.4 Å². The molecule has 4 unspecified atom stereocenters. The van der Waals surface area contributed by atoms with Gasteiger partial charge in [0.1, 0.15) is 35.1 Å². The van der Waals surface area contributed by atoms with E-state index in [1.54, 1.807) is 12.7 Å². The van der Waals surface area contributed by atoms with Gasteiger partial charge in [-0.15, -0.1) is 0 Å². The quantitative estimate of drug-likeness (QED) is 0.484. The first-order chi connectivity index (χ1) is 18.6. The van der Waals surface area contributed by atoms with Crippen molar-refractivity contribution < 1.29 is 18.9 Å². The summed E-state index contributed by atoms with van der Waals surface area (Å²) in [4.78, 5) is 18.0. The zero-order valence-corrected chi connectivity index (χ0v) is 25.1. The molecule has 0 N–H and O–H groups in total. The lowest BCUT2D eigenvalue weighted by molar-refractivity contribution is -0.208. The summed E-state index contributed by atoms with van der Waals surface area (Å²) in [6, 6.07) is 0. The van der Waals surface area contributed by atoms with E-state index in [0.29, 0.717) is 25.0 Å². The number of hydrogen-bond acceptors (Lipinski definition) is 8. The summed E-state index contributed by atoms with van der Waals surface area (Å²) in [7, 11) is 0. The Bertz CT molecular complexity index is 1190. The molecular formula is C31H46N4O4. The van der Waals surface area contributed by atoms with Crippen LogP contribution in [0, 0.1) is 25.7 Å². The Morgan fingerprint density at radius 3 is 1.54 bits per heavy atom. The van der Waals surface area contributed by atoms with E-state index in [1.807, 2.05) is 0 Å². The average molecular weight is 539 g/mol. The molecule has 39 heavy (non-hydrogen) atoms. The van der Waals surface area contributed by atoms with Crippen molar-refractivity contribution in [3.8, 4) is 0 Å². The first-order valence-electron chi connectivity index (χ1n) is 14.8. The van der Waals surface area contributed by atoms with Crippen molar-refractivity contribution in [3.63, 3.8) is 0 Å². The van der Waals surface area contributed by atoms with Crippen LogP contribution in [0.25, 0.3) is 0 Å². The molecule has 2 spiro atoms. The molecule has 0 aromatic carbocycles. The number of fused-ring (bicyclic) bond motifs is 4. The second-order valence-corrected chi connectivity index (χ2v) is 12.3. The van der Waals surface area contributed by atoms with Crippen LogP contribution in [0.4, 0.5) is 0 Å². The van der Waals surface area contributed by atoms with Gasteiger partial charge >= 0.3 is 0 Å². The second kappa shape index (κ2) is 10.4. The number of nitrogens with zero attached hydrogens (tertiary/aromatic N) is 4. The fourth-order valence-corrected chi connectivity index (χ4v) is 7.52. The van der Waals surface area contributed by atoms with Crippen LogP contribution in [0.5, 0.6) is 0 Å². The predicted molar refractivity (Wildman–Crippen MR) is 148 cm³/mol. The van der Waals surface area contributed by atoms with E-state index in [1.165, 1.54) is 11.1 Å². The van der Waals surface area contributed by atoms with Crippen LogP contribution in [0.2, 0.25) is 0 Å². The number of aryl methyl sites for hydroxylation is 2. The van der Waals surface area contributed by atoms with Crippen molar-refractivity contribution in [2.45, 2.75) is 110 Å². The van der Waals surface area contributed by atoms with Crippen molar-refractivity contribution in [1.29, 1.82) is 0 Å². The zero-order valence-electron chi connectivity index (χ0n) is 25.1. The molecule has 4 aliphatic heterocycles. The number of hydrogen-bond donors (Lipinski definition) is 0. The topological polar surface area (TPSA) is 88.5 Å². The molecule has 2 aromatic heterocycles. The molecule has 0 aliphatic carbocycles. The Kier molecular flexibility index (Phi) is 7.63. The highest BCUT2D eigenvalue weighted by molar-refractivity contribution is 5.41. The Balaban J connectivity index is 0.000000158. The van der Waals surface area contributed by atoms with Crippen LogP contribution >= 0.6 is 0 Å². The van der Waals surface area contributed by atoms with Gasteiger partial charge in [-0.3, -0.25) is 0 Å². The highest BCUT2D eigenvalue weighted by Crippen LogP contribution is 2.56. The van der Waals surface area contributed by atoms with Crippen LogP contribution in [-0.4, -0.2) is 46.4 Å². The highest BCUT2D eigenvalue weighted by atomic mass is 16.6. The lowest BCUT2D eigenvalue weighted by Crippen LogP contribution is -2.41. The lowest BCUT2D eigenvalue weighted by atomic mass is 9.80. The van der Waals surface area contributed by atoms with Crippen molar-refractivity contribution in [2.75, 3.05) is 26.4 Å². The van der Waals surface area contributed by atoms with E-state index < -0.39 is 0 Å². The molecule has 0 radical (unpaired) electrons. The van der Waals surface area contributed by atoms with E-state index in [9.17, 15) is 0 Å². The van der Waals surface area contributed by atoms with E-state index in [2.05, 4.69) is 75.3 Å². The highest BCUT2D eigenvalue weighted by Gasteiger charge is 2.58. The summed E-state index contributed by atoms with van der Waals surface area (Å²) in [5.74, 6) is 0.776. The molecule has 8 heteroatoms. The van der Waals surface area contributed by atoms with Gasteiger partial charge in [0.2, 0.25) is 0 Å². The maximum absolute atomic E-state index is 6.71. The molecule has 0 saturated carbocycles. The molecule has 214 valence electrons. The van der Waals surface area contributed by atoms with Crippen LogP contribution in [0.3, 0.4) is 0 Å². The third kappa shape index (κ3) is 4.25. The Morgan fingerprint density at radius 2 is 1.15 bits per heavy atom. The van der Waals surface area contributed by atoms with Crippen LogP contribution < -0.4 is 0 Å². The molecule has 6 heterocycles. The molecule has 0 bridgehead atoms. The Hall–Kier alpha value is -2.00. The van der Waals surface area contributed by atoms with Crippen molar-refractivity contribution in [2.24, 2.45) is 11.8 Å². The van der Waals surface area contributed by atoms with E-state index in [0.717, 1.165) is 68.1 Å². The zero-order chi connectivity index (χ0) is 28.1. The normalized spacial score (nSPS) is 33.1. The maximum atomic E-state index is 6.71. The lowest BCUT2D eigenvalue weighted by Gasteiger charge is -2.39. The van der Waals surface area contributed by atoms with Gasteiger partial charge in [0.05, 0.1) is 24.6 Å². The summed E-state index contributed by atoms with van der Waals surface area (Å²) < 4.78 is 24.7. The third-order valence-electron chi connectivity index (χ3n) is 9.64. The second-order valence-electron chi connectivity index (χ2n) is 12.3. The van der Waals surface area contributed by atoms with Gasteiger partial charge in [-0.25, -0.2) is 19.9 Å². The SMILES string of the molecule is CCC1(C(C)C)OC2(CCCOC2)c2ncnc(C)c21.CCC1(C(C)C)OC2(CCOC2)c2ncnc(C)c21. The predicted octanol–water partition coefficient (Wildman–Crippen LogP) is 5.77. The third-order valence-corrected chi connectivity index (χ3v) is 9.64. The van der Waals surface area contributed by atoms with Crippen LogP contribution in [-0.2, 0) is 41.4 Å². The minimum atomic E-state index is -0.360. The summed E-state index contributed by atoms with van der Waals surface area (Å²) in [6.07, 6.45) is 8.11. The van der Waals surface area contributed by atoms with Crippen molar-refractivity contribution in [3.05, 3.63) is 46.6 Å². The van der Waals surface area contributed by atoms with Crippen molar-refractivity contribution >= 4 is 0 Å². The first-order valence-corrected chi connectivity index (χ1v) is 14.8. The summed E-state index contributed by atoms with van der Waals surface area (Å²) in [5.41, 5.74) is 5.40. The minimum Gasteiger partial charge on any atom is -0.378 e. The summed E-state index contributed by atoms with van der Waals surface area (Å²) >= 11 is 0. The van der Waals surface area contributed by atoms with Crippen LogP contribution in [0.15, 0.2) is 12.7 Å². The fraction of sp³-hybridized carbons (Fsp3) is 0.742.